The average molecular weight is 379 g/mol. The Hall–Kier alpha value is -2.44. The van der Waals surface area contributed by atoms with E-state index in [9.17, 15) is 4.79 Å². The molecule has 0 radical (unpaired) electrons. The molecule has 0 saturated carbocycles. The van der Waals surface area contributed by atoms with Gasteiger partial charge in [-0.15, -0.1) is 0 Å². The fourth-order valence-corrected chi connectivity index (χ4v) is 5.10. The molecule has 5 nitrogen and oxygen atoms in total. The summed E-state index contributed by atoms with van der Waals surface area (Å²) in [6.07, 6.45) is 1.10. The second kappa shape index (κ2) is 6.62. The number of aromatic nitrogens is 1. The molecule has 27 heavy (non-hydrogen) atoms. The molecule has 5 rings (SSSR count). The summed E-state index contributed by atoms with van der Waals surface area (Å²) in [7, 11) is 0. The lowest BCUT2D eigenvalue weighted by atomic mass is 10.2. The number of amides is 1. The lowest BCUT2D eigenvalue weighted by molar-refractivity contribution is -0.131. The van der Waals surface area contributed by atoms with Crippen molar-refractivity contribution < 1.29 is 9.53 Å². The number of piperazine rings is 1. The Balaban J connectivity index is 1.28. The molecule has 2 atom stereocenters. The highest BCUT2D eigenvalue weighted by Gasteiger charge is 2.43. The third-order valence-corrected chi connectivity index (χ3v) is 6.44. The number of benzene rings is 2. The molecular weight excluding hydrogens is 358 g/mol. The van der Waals surface area contributed by atoms with Gasteiger partial charge >= 0.3 is 0 Å². The molecule has 2 aliphatic rings. The topological polar surface area (TPSA) is 45.7 Å². The second-order valence-electron chi connectivity index (χ2n) is 7.34. The molecular formula is C21H21N3O2S. The number of likely N-dealkylation sites (tertiary alicyclic amines) is 2. The molecule has 3 heterocycles. The fraction of sp³-hybridized carbons (Fsp3) is 0.333. The number of ether oxygens (including phenoxy) is 1. The molecule has 3 aromatic rings. The Morgan fingerprint density at radius 2 is 2.07 bits per heavy atom. The largest absolute Gasteiger partial charge is 0.431 e. The summed E-state index contributed by atoms with van der Waals surface area (Å²) in [5.74, 6) is 1.02. The van der Waals surface area contributed by atoms with E-state index in [0.29, 0.717) is 17.3 Å². The van der Waals surface area contributed by atoms with E-state index in [0.717, 1.165) is 42.0 Å². The first-order valence-corrected chi connectivity index (χ1v) is 10.1. The first-order chi connectivity index (χ1) is 13.2. The number of nitrogens with zero attached hydrogens (tertiary/aromatic N) is 3. The Morgan fingerprint density at radius 1 is 1.19 bits per heavy atom. The van der Waals surface area contributed by atoms with Crippen LogP contribution in [0.25, 0.3) is 10.2 Å². The first kappa shape index (κ1) is 16.7. The molecule has 0 N–H and O–H groups in total. The van der Waals surface area contributed by atoms with Crippen LogP contribution in [0.3, 0.4) is 0 Å². The van der Waals surface area contributed by atoms with Gasteiger partial charge in [0.25, 0.3) is 5.19 Å². The van der Waals surface area contributed by atoms with Crippen molar-refractivity contribution in [2.45, 2.75) is 32.0 Å². The number of hydrogen-bond donors (Lipinski definition) is 0. The van der Waals surface area contributed by atoms with Crippen LogP contribution in [0, 0.1) is 0 Å². The summed E-state index contributed by atoms with van der Waals surface area (Å²) < 4.78 is 7.15. The second-order valence-corrected chi connectivity index (χ2v) is 8.33. The molecule has 2 saturated heterocycles. The van der Waals surface area contributed by atoms with Crippen molar-refractivity contribution in [2.24, 2.45) is 0 Å². The van der Waals surface area contributed by atoms with Gasteiger partial charge in [-0.2, -0.15) is 0 Å². The number of thiazole rings is 1. The van der Waals surface area contributed by atoms with E-state index in [1.54, 1.807) is 18.3 Å². The zero-order valence-electron chi connectivity index (χ0n) is 15.2. The summed E-state index contributed by atoms with van der Waals surface area (Å²) in [6, 6.07) is 17.2. The van der Waals surface area contributed by atoms with Gasteiger partial charge in [-0.1, -0.05) is 35.6 Å². The number of fused-ring (bicyclic) bond motifs is 3. The van der Waals surface area contributed by atoms with Gasteiger partial charge in [0.15, 0.2) is 0 Å². The summed E-state index contributed by atoms with van der Waals surface area (Å²) in [5.41, 5.74) is 2.20. The molecule has 2 aromatic carbocycles. The monoisotopic (exact) mass is 379 g/mol. The highest BCUT2D eigenvalue weighted by molar-refractivity contribution is 7.20. The summed E-state index contributed by atoms with van der Waals surface area (Å²) in [5, 5.41) is 0.672. The molecule has 1 aromatic heterocycles. The van der Waals surface area contributed by atoms with Crippen molar-refractivity contribution in [1.82, 2.24) is 14.8 Å². The zero-order chi connectivity index (χ0) is 18.4. The van der Waals surface area contributed by atoms with Gasteiger partial charge < -0.3 is 9.64 Å². The van der Waals surface area contributed by atoms with Gasteiger partial charge in [0.05, 0.1) is 10.2 Å². The number of para-hydroxylation sites is 1. The van der Waals surface area contributed by atoms with Gasteiger partial charge in [-0.3, -0.25) is 9.69 Å². The van der Waals surface area contributed by atoms with Crippen molar-refractivity contribution >= 4 is 27.5 Å². The first-order valence-electron chi connectivity index (χ1n) is 9.29. The van der Waals surface area contributed by atoms with Crippen LogP contribution < -0.4 is 4.74 Å². The highest BCUT2D eigenvalue weighted by Crippen LogP contribution is 2.34. The van der Waals surface area contributed by atoms with Gasteiger partial charge in [0, 0.05) is 38.6 Å². The third-order valence-electron chi connectivity index (χ3n) is 5.52. The van der Waals surface area contributed by atoms with Crippen molar-refractivity contribution in [3.8, 4) is 10.9 Å². The van der Waals surface area contributed by atoms with Gasteiger partial charge in [0.2, 0.25) is 5.91 Å². The maximum atomic E-state index is 11.7. The van der Waals surface area contributed by atoms with Crippen LogP contribution >= 0.6 is 11.3 Å². The standard InChI is InChI=1S/C21H21N3O2S/c1-14(25)24-13-16-10-17(24)12-23(16)11-15-5-4-6-18(9-15)26-21-22-19-7-2-3-8-20(19)27-21/h2-9,16-17H,10-13H2,1H3/t16-,17+/m1/s1. The Labute approximate surface area is 162 Å². The van der Waals surface area contributed by atoms with E-state index in [2.05, 4.69) is 28.1 Å². The van der Waals surface area contributed by atoms with Crippen molar-refractivity contribution in [2.75, 3.05) is 13.1 Å². The highest BCUT2D eigenvalue weighted by atomic mass is 32.1. The Morgan fingerprint density at radius 3 is 2.85 bits per heavy atom. The molecule has 138 valence electrons. The lowest BCUT2D eigenvalue weighted by Crippen LogP contribution is -2.47. The summed E-state index contributed by atoms with van der Waals surface area (Å²) in [4.78, 5) is 20.7. The maximum absolute atomic E-state index is 11.7. The van der Waals surface area contributed by atoms with Crippen molar-refractivity contribution in [3.05, 3.63) is 54.1 Å². The molecule has 0 aliphatic carbocycles. The van der Waals surface area contributed by atoms with E-state index in [-0.39, 0.29) is 5.91 Å². The molecule has 2 bridgehead atoms. The van der Waals surface area contributed by atoms with Crippen LogP contribution in [0.1, 0.15) is 18.9 Å². The molecule has 6 heteroatoms. The predicted octanol–water partition coefficient (Wildman–Crippen LogP) is 3.89. The number of carbonyl (C=O) groups is 1. The Bertz CT molecular complexity index is 969. The van der Waals surface area contributed by atoms with Crippen LogP contribution in [0.5, 0.6) is 10.9 Å². The van der Waals surface area contributed by atoms with E-state index >= 15 is 0 Å². The van der Waals surface area contributed by atoms with Gasteiger partial charge in [0.1, 0.15) is 5.75 Å². The van der Waals surface area contributed by atoms with Crippen LogP contribution in [-0.4, -0.2) is 45.9 Å². The molecule has 0 unspecified atom stereocenters. The number of carbonyl (C=O) groups excluding carboxylic acids is 1. The van der Waals surface area contributed by atoms with Crippen molar-refractivity contribution in [1.29, 1.82) is 0 Å². The molecule has 2 aliphatic heterocycles. The van der Waals surface area contributed by atoms with E-state index in [1.165, 1.54) is 5.56 Å². The number of rotatable bonds is 4. The molecule has 1 amide bonds. The average Bonchev–Trinajstić information content (AvgIpc) is 3.34. The quantitative estimate of drug-likeness (QED) is 0.690. The third kappa shape index (κ3) is 3.19. The van der Waals surface area contributed by atoms with Gasteiger partial charge in [-0.05, 0) is 36.2 Å². The minimum atomic E-state index is 0.202. The minimum Gasteiger partial charge on any atom is -0.431 e. The lowest BCUT2D eigenvalue weighted by Gasteiger charge is -2.33. The SMILES string of the molecule is CC(=O)N1C[C@H]2C[C@H]1CN2Cc1cccc(Oc2nc3ccccc3s2)c1. The van der Waals surface area contributed by atoms with E-state index in [1.807, 2.05) is 35.2 Å². The molecule has 0 spiro atoms. The normalized spacial score (nSPS) is 21.9. The van der Waals surface area contributed by atoms with Crippen LogP contribution in [0.15, 0.2) is 48.5 Å². The molecule has 2 fully saturated rings. The van der Waals surface area contributed by atoms with E-state index < -0.39 is 0 Å². The van der Waals surface area contributed by atoms with Crippen LogP contribution in [0.2, 0.25) is 0 Å². The smallest absolute Gasteiger partial charge is 0.279 e. The fourth-order valence-electron chi connectivity index (χ4n) is 4.27. The summed E-state index contributed by atoms with van der Waals surface area (Å²) in [6.45, 7) is 4.40. The maximum Gasteiger partial charge on any atom is 0.279 e. The summed E-state index contributed by atoms with van der Waals surface area (Å²) >= 11 is 1.56. The van der Waals surface area contributed by atoms with Crippen LogP contribution in [0.4, 0.5) is 0 Å². The van der Waals surface area contributed by atoms with Crippen LogP contribution in [-0.2, 0) is 11.3 Å². The van der Waals surface area contributed by atoms with Gasteiger partial charge in [-0.25, -0.2) is 4.98 Å². The minimum absolute atomic E-state index is 0.202. The predicted molar refractivity (Wildman–Crippen MR) is 106 cm³/mol. The zero-order valence-corrected chi connectivity index (χ0v) is 16.0. The Kier molecular flexibility index (Phi) is 4.10. The van der Waals surface area contributed by atoms with Crippen molar-refractivity contribution in [3.63, 3.8) is 0 Å². The van der Waals surface area contributed by atoms with E-state index in [4.69, 9.17) is 4.74 Å². The number of hydrogen-bond acceptors (Lipinski definition) is 5.